The van der Waals surface area contributed by atoms with Crippen molar-refractivity contribution in [2.45, 2.75) is 64.4 Å². The Morgan fingerprint density at radius 2 is 1.63 bits per heavy atom. The van der Waals surface area contributed by atoms with Crippen LogP contribution in [0.4, 0.5) is 4.39 Å². The highest BCUT2D eigenvalue weighted by molar-refractivity contribution is 5.81. The minimum absolute atomic E-state index is 0.207. The van der Waals surface area contributed by atoms with Crippen LogP contribution in [0.2, 0.25) is 0 Å². The highest BCUT2D eigenvalue weighted by atomic mass is 19.1. The van der Waals surface area contributed by atoms with Crippen molar-refractivity contribution in [1.82, 2.24) is 4.90 Å². The Hall–Kier alpha value is -3.67. The predicted octanol–water partition coefficient (Wildman–Crippen LogP) is 5.97. The van der Waals surface area contributed by atoms with Gasteiger partial charge in [-0.1, -0.05) is 62.4 Å². The van der Waals surface area contributed by atoms with Crippen LogP contribution in [0.5, 0.6) is 5.75 Å². The van der Waals surface area contributed by atoms with E-state index in [-0.39, 0.29) is 36.8 Å². The Morgan fingerprint density at radius 1 is 0.974 bits per heavy atom. The Morgan fingerprint density at radius 3 is 2.29 bits per heavy atom. The van der Waals surface area contributed by atoms with Gasteiger partial charge in [0.05, 0.1) is 0 Å². The summed E-state index contributed by atoms with van der Waals surface area (Å²) in [5.74, 6) is -0.199. The standard InChI is InChI=1S/C32H36FNO4/c1-22(2)26-10-4-25(5-11-26)19-32(3)20-27-18-24(8-14-29(27)38-32)9-15-30(35)34(21-31(36)37)17-16-23-6-12-28(33)13-7-23/h4-8,10-14,18,22H,9,15-17,19-21H2,1-3H3,(H,36,37)/t32-/m1/s1. The molecule has 1 N–H and O–H groups in total. The van der Waals surface area contributed by atoms with Gasteiger partial charge in [0.2, 0.25) is 5.91 Å². The fraction of sp³-hybridized carbons (Fsp3) is 0.375. The highest BCUT2D eigenvalue weighted by Gasteiger charge is 2.35. The number of aryl methyl sites for hydroxylation is 1. The summed E-state index contributed by atoms with van der Waals surface area (Å²) in [7, 11) is 0. The fourth-order valence-electron chi connectivity index (χ4n) is 5.06. The van der Waals surface area contributed by atoms with Gasteiger partial charge < -0.3 is 14.7 Å². The van der Waals surface area contributed by atoms with E-state index in [4.69, 9.17) is 4.74 Å². The van der Waals surface area contributed by atoms with Crippen LogP contribution < -0.4 is 4.74 Å². The number of carbonyl (C=O) groups is 2. The second-order valence-corrected chi connectivity index (χ2v) is 10.8. The molecule has 1 heterocycles. The molecule has 1 atom stereocenters. The van der Waals surface area contributed by atoms with Gasteiger partial charge in [0.1, 0.15) is 23.7 Å². The number of hydrogen-bond acceptors (Lipinski definition) is 3. The second-order valence-electron chi connectivity index (χ2n) is 10.8. The minimum atomic E-state index is -1.05. The quantitative estimate of drug-likeness (QED) is 0.340. The third-order valence-electron chi connectivity index (χ3n) is 7.16. The van der Waals surface area contributed by atoms with Crippen LogP contribution >= 0.6 is 0 Å². The third-order valence-corrected chi connectivity index (χ3v) is 7.16. The molecule has 0 spiro atoms. The van der Waals surface area contributed by atoms with Gasteiger partial charge in [-0.2, -0.15) is 0 Å². The molecule has 1 aliphatic heterocycles. The molecule has 4 rings (SSSR count). The van der Waals surface area contributed by atoms with Gasteiger partial charge in [-0.05, 0) is 71.7 Å². The molecule has 38 heavy (non-hydrogen) atoms. The van der Waals surface area contributed by atoms with Gasteiger partial charge in [-0.25, -0.2) is 4.39 Å². The molecule has 0 unspecified atom stereocenters. The molecular formula is C32H36FNO4. The predicted molar refractivity (Wildman–Crippen MR) is 146 cm³/mol. The Kier molecular flexibility index (Phi) is 8.50. The maximum atomic E-state index is 13.2. The van der Waals surface area contributed by atoms with Gasteiger partial charge in [-0.15, -0.1) is 0 Å². The van der Waals surface area contributed by atoms with Crippen molar-refractivity contribution in [1.29, 1.82) is 0 Å². The monoisotopic (exact) mass is 517 g/mol. The molecule has 0 fully saturated rings. The minimum Gasteiger partial charge on any atom is -0.487 e. The largest absolute Gasteiger partial charge is 0.487 e. The average molecular weight is 518 g/mol. The van der Waals surface area contributed by atoms with Crippen LogP contribution in [0, 0.1) is 5.82 Å². The maximum absolute atomic E-state index is 13.2. The molecule has 200 valence electrons. The lowest BCUT2D eigenvalue weighted by Gasteiger charge is -2.24. The summed E-state index contributed by atoms with van der Waals surface area (Å²) in [6.07, 6.45) is 2.81. The highest BCUT2D eigenvalue weighted by Crippen LogP contribution is 2.37. The fourth-order valence-corrected chi connectivity index (χ4v) is 5.06. The number of carboxylic acids is 1. The van der Waals surface area contributed by atoms with Crippen LogP contribution in [0.25, 0.3) is 0 Å². The van der Waals surface area contributed by atoms with Crippen molar-refractivity contribution in [3.63, 3.8) is 0 Å². The molecule has 0 bridgehead atoms. The van der Waals surface area contributed by atoms with Crippen LogP contribution in [-0.2, 0) is 35.3 Å². The van der Waals surface area contributed by atoms with Crippen molar-refractivity contribution in [3.05, 3.63) is 100 Å². The molecule has 6 heteroatoms. The first-order valence-corrected chi connectivity index (χ1v) is 13.2. The molecule has 3 aromatic rings. The average Bonchev–Trinajstić information content (AvgIpc) is 3.21. The number of fused-ring (bicyclic) bond motifs is 1. The van der Waals surface area contributed by atoms with Crippen LogP contribution in [0.3, 0.4) is 0 Å². The zero-order valence-electron chi connectivity index (χ0n) is 22.4. The van der Waals surface area contributed by atoms with Crippen molar-refractivity contribution < 1.29 is 23.8 Å². The van der Waals surface area contributed by atoms with E-state index in [1.54, 1.807) is 12.1 Å². The smallest absolute Gasteiger partial charge is 0.323 e. The van der Waals surface area contributed by atoms with E-state index in [0.717, 1.165) is 35.3 Å². The summed E-state index contributed by atoms with van der Waals surface area (Å²) in [5, 5.41) is 9.29. The van der Waals surface area contributed by atoms with Gasteiger partial charge in [-0.3, -0.25) is 9.59 Å². The molecular weight excluding hydrogens is 481 g/mol. The third kappa shape index (κ3) is 7.21. The number of benzene rings is 3. The van der Waals surface area contributed by atoms with Crippen molar-refractivity contribution in [2.75, 3.05) is 13.1 Å². The molecule has 0 aromatic heterocycles. The topological polar surface area (TPSA) is 66.8 Å². The molecule has 5 nitrogen and oxygen atoms in total. The number of amides is 1. The van der Waals surface area contributed by atoms with E-state index in [1.165, 1.54) is 28.2 Å². The Labute approximate surface area is 224 Å². The summed E-state index contributed by atoms with van der Waals surface area (Å²) in [6, 6.07) is 20.8. The summed E-state index contributed by atoms with van der Waals surface area (Å²) < 4.78 is 19.5. The second kappa shape index (κ2) is 11.8. The lowest BCUT2D eigenvalue weighted by atomic mass is 9.90. The van der Waals surface area contributed by atoms with E-state index in [1.807, 2.05) is 12.1 Å². The molecule has 0 aliphatic carbocycles. The lowest BCUT2D eigenvalue weighted by molar-refractivity contribution is -0.144. The van der Waals surface area contributed by atoms with E-state index < -0.39 is 5.97 Å². The molecule has 3 aromatic carbocycles. The number of aliphatic carboxylic acids is 1. The van der Waals surface area contributed by atoms with E-state index in [9.17, 15) is 19.1 Å². The summed E-state index contributed by atoms with van der Waals surface area (Å²) in [6.45, 7) is 6.43. The Balaban J connectivity index is 1.34. The van der Waals surface area contributed by atoms with Gasteiger partial charge >= 0.3 is 5.97 Å². The number of rotatable bonds is 11. The van der Waals surface area contributed by atoms with Gasteiger partial charge in [0.15, 0.2) is 0 Å². The molecule has 0 radical (unpaired) electrons. The van der Waals surface area contributed by atoms with Crippen molar-refractivity contribution in [2.24, 2.45) is 0 Å². The molecule has 1 aliphatic rings. The number of carboxylic acid groups (broad SMARTS) is 1. The first kappa shape index (κ1) is 27.4. The zero-order chi connectivity index (χ0) is 27.3. The molecule has 0 saturated carbocycles. The maximum Gasteiger partial charge on any atom is 0.323 e. The van der Waals surface area contributed by atoms with Crippen LogP contribution in [-0.4, -0.2) is 40.6 Å². The summed E-state index contributed by atoms with van der Waals surface area (Å²) >= 11 is 0. The number of nitrogens with zero attached hydrogens (tertiary/aromatic N) is 1. The van der Waals surface area contributed by atoms with Crippen molar-refractivity contribution >= 4 is 11.9 Å². The van der Waals surface area contributed by atoms with E-state index in [0.29, 0.717) is 18.8 Å². The van der Waals surface area contributed by atoms with Gasteiger partial charge in [0, 0.05) is 25.8 Å². The summed E-state index contributed by atoms with van der Waals surface area (Å²) in [4.78, 5) is 25.6. The first-order valence-electron chi connectivity index (χ1n) is 13.2. The molecule has 1 amide bonds. The van der Waals surface area contributed by atoms with E-state index >= 15 is 0 Å². The van der Waals surface area contributed by atoms with E-state index in [2.05, 4.69) is 51.1 Å². The van der Waals surface area contributed by atoms with Crippen molar-refractivity contribution in [3.8, 4) is 5.75 Å². The first-order chi connectivity index (χ1) is 18.1. The van der Waals surface area contributed by atoms with Gasteiger partial charge in [0.25, 0.3) is 0 Å². The molecule has 0 saturated heterocycles. The zero-order valence-corrected chi connectivity index (χ0v) is 22.4. The van der Waals surface area contributed by atoms with Crippen LogP contribution in [0.15, 0.2) is 66.7 Å². The summed E-state index contributed by atoms with van der Waals surface area (Å²) in [5.41, 5.74) is 5.26. The SMILES string of the molecule is CC(C)c1ccc(C[C@]2(C)Cc3cc(CCC(=O)N(CCc4ccc(F)cc4)CC(=O)O)ccc3O2)cc1. The number of hydrogen-bond donors (Lipinski definition) is 1. The number of ether oxygens (including phenoxy) is 1. The lowest BCUT2D eigenvalue weighted by Crippen LogP contribution is -2.37. The normalized spacial score (nSPS) is 16.2. The number of halogens is 1. The number of carbonyl (C=O) groups excluding carboxylic acids is 1. The Bertz CT molecular complexity index is 1270. The van der Waals surface area contributed by atoms with Crippen LogP contribution in [0.1, 0.15) is 60.9 Å².